The Balaban J connectivity index is 1.85. The maximum Gasteiger partial charge on any atom is 0.291 e. The van der Waals surface area contributed by atoms with E-state index in [-0.39, 0.29) is 24.3 Å². The van der Waals surface area contributed by atoms with Crippen LogP contribution in [0.25, 0.3) is 16.4 Å². The first kappa shape index (κ1) is 17.8. The van der Waals surface area contributed by atoms with Gasteiger partial charge in [0.25, 0.3) is 5.91 Å². The molecule has 3 aromatic rings. The average Bonchev–Trinajstić information content (AvgIpc) is 3.29. The van der Waals surface area contributed by atoms with Crippen LogP contribution < -0.4 is 10.6 Å². The van der Waals surface area contributed by atoms with Crippen molar-refractivity contribution in [3.8, 4) is 16.4 Å². The first-order chi connectivity index (χ1) is 12.5. The van der Waals surface area contributed by atoms with Crippen LogP contribution in [0.3, 0.4) is 0 Å². The quantitative estimate of drug-likeness (QED) is 0.697. The lowest BCUT2D eigenvalue weighted by Crippen LogP contribution is -2.40. The molecule has 0 saturated carbocycles. The van der Waals surface area contributed by atoms with E-state index in [1.54, 1.807) is 4.68 Å². The molecule has 0 radical (unpaired) electrons. The Bertz CT molecular complexity index is 888. The van der Waals surface area contributed by atoms with Crippen LogP contribution in [0.4, 0.5) is 0 Å². The van der Waals surface area contributed by atoms with Crippen LogP contribution in [0.5, 0.6) is 0 Å². The Labute approximate surface area is 155 Å². The lowest BCUT2D eigenvalue weighted by molar-refractivity contribution is -0.120. The molecule has 2 N–H and O–H groups in total. The third-order valence-electron chi connectivity index (χ3n) is 3.41. The maximum atomic E-state index is 12.4. The Hall–Kier alpha value is -3.00. The third-order valence-corrected chi connectivity index (χ3v) is 4.28. The van der Waals surface area contributed by atoms with Gasteiger partial charge in [-0.1, -0.05) is 24.3 Å². The standard InChI is InChI=1S/C18H19N5O2S/c1-12(2)20-15(24)11-19-18(25)16-21-17(14-9-6-10-26-14)23(22-16)13-7-4-3-5-8-13/h3-10,12H,11H2,1-2H3,(H,19,25)(H,20,24). The van der Waals surface area contributed by atoms with Crippen molar-refractivity contribution in [2.75, 3.05) is 6.54 Å². The predicted molar refractivity (Wildman–Crippen MR) is 100 cm³/mol. The highest BCUT2D eigenvalue weighted by Gasteiger charge is 2.19. The molecule has 0 aliphatic carbocycles. The van der Waals surface area contributed by atoms with E-state index in [1.807, 2.05) is 61.7 Å². The van der Waals surface area contributed by atoms with E-state index < -0.39 is 5.91 Å². The number of carbonyl (C=O) groups excluding carboxylic acids is 2. The van der Waals surface area contributed by atoms with Crippen LogP contribution in [-0.4, -0.2) is 39.2 Å². The van der Waals surface area contributed by atoms with E-state index >= 15 is 0 Å². The number of rotatable bonds is 6. The van der Waals surface area contributed by atoms with Crippen LogP contribution in [0, 0.1) is 0 Å². The topological polar surface area (TPSA) is 88.9 Å². The van der Waals surface area contributed by atoms with E-state index in [0.717, 1.165) is 10.6 Å². The molecule has 3 rings (SSSR count). The van der Waals surface area contributed by atoms with Gasteiger partial charge >= 0.3 is 0 Å². The first-order valence-corrected chi connectivity index (χ1v) is 9.06. The zero-order valence-corrected chi connectivity index (χ0v) is 15.3. The summed E-state index contributed by atoms with van der Waals surface area (Å²) >= 11 is 1.52. The number of nitrogens with zero attached hydrogens (tertiary/aromatic N) is 3. The van der Waals surface area contributed by atoms with E-state index in [1.165, 1.54) is 11.3 Å². The van der Waals surface area contributed by atoms with Gasteiger partial charge in [-0.2, -0.15) is 0 Å². The zero-order chi connectivity index (χ0) is 18.5. The molecule has 0 unspecified atom stereocenters. The van der Waals surface area contributed by atoms with E-state index in [0.29, 0.717) is 5.82 Å². The molecule has 0 fully saturated rings. The van der Waals surface area contributed by atoms with Crippen molar-refractivity contribution in [2.24, 2.45) is 0 Å². The molecular formula is C18H19N5O2S. The van der Waals surface area contributed by atoms with Gasteiger partial charge in [0.1, 0.15) is 0 Å². The molecule has 8 heteroatoms. The number of para-hydroxylation sites is 1. The van der Waals surface area contributed by atoms with E-state index in [4.69, 9.17) is 0 Å². The Kier molecular flexibility index (Phi) is 5.43. The number of thiophene rings is 1. The predicted octanol–water partition coefficient (Wildman–Crippen LogP) is 2.25. The fourth-order valence-corrected chi connectivity index (χ4v) is 3.03. The summed E-state index contributed by atoms with van der Waals surface area (Å²) < 4.78 is 1.63. The van der Waals surface area contributed by atoms with E-state index in [9.17, 15) is 9.59 Å². The number of benzene rings is 1. The molecule has 0 atom stereocenters. The van der Waals surface area contributed by atoms with E-state index in [2.05, 4.69) is 20.7 Å². The molecule has 0 saturated heterocycles. The van der Waals surface area contributed by atoms with Crippen molar-refractivity contribution < 1.29 is 9.59 Å². The second-order valence-corrected chi connectivity index (χ2v) is 6.84. The fourth-order valence-electron chi connectivity index (χ4n) is 2.34. The molecule has 26 heavy (non-hydrogen) atoms. The monoisotopic (exact) mass is 369 g/mol. The summed E-state index contributed by atoms with van der Waals surface area (Å²) in [5, 5.41) is 11.6. The molecule has 2 heterocycles. The molecule has 0 aliphatic heterocycles. The van der Waals surface area contributed by atoms with Crippen LogP contribution in [-0.2, 0) is 4.79 Å². The summed E-state index contributed by atoms with van der Waals surface area (Å²) in [6.45, 7) is 3.59. The number of hydrogen-bond acceptors (Lipinski definition) is 5. The minimum Gasteiger partial charge on any atom is -0.352 e. The molecule has 0 spiro atoms. The van der Waals surface area contributed by atoms with Gasteiger partial charge in [-0.05, 0) is 37.4 Å². The first-order valence-electron chi connectivity index (χ1n) is 8.18. The molecule has 2 aromatic heterocycles. The van der Waals surface area contributed by atoms with Gasteiger partial charge < -0.3 is 10.6 Å². The van der Waals surface area contributed by atoms with Gasteiger partial charge in [-0.15, -0.1) is 16.4 Å². The number of carbonyl (C=O) groups is 2. The fraction of sp³-hybridized carbons (Fsp3) is 0.222. The number of nitrogens with one attached hydrogen (secondary N) is 2. The van der Waals surface area contributed by atoms with Gasteiger partial charge in [0.2, 0.25) is 11.7 Å². The van der Waals surface area contributed by atoms with Crippen LogP contribution >= 0.6 is 11.3 Å². The van der Waals surface area contributed by atoms with Crippen molar-refractivity contribution in [3.05, 3.63) is 53.7 Å². The highest BCUT2D eigenvalue weighted by atomic mass is 32.1. The summed E-state index contributed by atoms with van der Waals surface area (Å²) in [4.78, 5) is 29.4. The maximum absolute atomic E-state index is 12.4. The summed E-state index contributed by atoms with van der Waals surface area (Å²) in [7, 11) is 0. The van der Waals surface area contributed by atoms with Gasteiger partial charge in [0.05, 0.1) is 17.1 Å². The van der Waals surface area contributed by atoms with Crippen LogP contribution in [0.1, 0.15) is 24.5 Å². The van der Waals surface area contributed by atoms with Crippen molar-refractivity contribution in [2.45, 2.75) is 19.9 Å². The Morgan fingerprint density at radius 2 is 1.92 bits per heavy atom. The zero-order valence-electron chi connectivity index (χ0n) is 14.5. The van der Waals surface area contributed by atoms with Gasteiger partial charge in [0, 0.05) is 6.04 Å². The number of amides is 2. The molecule has 2 amide bonds. The summed E-state index contributed by atoms with van der Waals surface area (Å²) in [6.07, 6.45) is 0. The Morgan fingerprint density at radius 1 is 1.15 bits per heavy atom. The SMILES string of the molecule is CC(C)NC(=O)CNC(=O)c1nc(-c2cccs2)n(-c2ccccc2)n1. The van der Waals surface area contributed by atoms with Crippen LogP contribution in [0.2, 0.25) is 0 Å². The largest absolute Gasteiger partial charge is 0.352 e. The van der Waals surface area contributed by atoms with Crippen molar-refractivity contribution in [1.29, 1.82) is 0 Å². The average molecular weight is 369 g/mol. The molecule has 1 aromatic carbocycles. The van der Waals surface area contributed by atoms with Crippen molar-refractivity contribution in [1.82, 2.24) is 25.4 Å². The summed E-state index contributed by atoms with van der Waals surface area (Å²) in [6, 6.07) is 13.3. The summed E-state index contributed by atoms with van der Waals surface area (Å²) in [5.74, 6) is -0.136. The minimum atomic E-state index is -0.489. The number of aromatic nitrogens is 3. The minimum absolute atomic E-state index is 0.0141. The lowest BCUT2D eigenvalue weighted by atomic mass is 10.3. The van der Waals surface area contributed by atoms with Gasteiger partial charge in [-0.3, -0.25) is 9.59 Å². The summed E-state index contributed by atoms with van der Waals surface area (Å²) in [5.41, 5.74) is 0.806. The second kappa shape index (κ2) is 7.92. The Morgan fingerprint density at radius 3 is 2.58 bits per heavy atom. The normalized spacial score (nSPS) is 10.7. The van der Waals surface area contributed by atoms with Crippen LogP contribution in [0.15, 0.2) is 47.8 Å². The molecule has 0 aliphatic rings. The molecular weight excluding hydrogens is 350 g/mol. The molecule has 0 bridgehead atoms. The number of hydrogen-bond donors (Lipinski definition) is 2. The molecule has 134 valence electrons. The highest BCUT2D eigenvalue weighted by Crippen LogP contribution is 2.25. The van der Waals surface area contributed by atoms with Gasteiger partial charge in [0.15, 0.2) is 5.82 Å². The third kappa shape index (κ3) is 4.15. The molecule has 7 nitrogen and oxygen atoms in total. The van der Waals surface area contributed by atoms with Crippen molar-refractivity contribution >= 4 is 23.2 Å². The highest BCUT2D eigenvalue weighted by molar-refractivity contribution is 7.13. The smallest absolute Gasteiger partial charge is 0.291 e. The lowest BCUT2D eigenvalue weighted by Gasteiger charge is -2.08. The van der Waals surface area contributed by atoms with Gasteiger partial charge in [-0.25, -0.2) is 9.67 Å². The second-order valence-electron chi connectivity index (χ2n) is 5.89. The van der Waals surface area contributed by atoms with Crippen molar-refractivity contribution in [3.63, 3.8) is 0 Å².